The van der Waals surface area contributed by atoms with Crippen molar-refractivity contribution in [1.29, 1.82) is 0 Å². The fraction of sp³-hybridized carbons (Fsp3) is 0.333. The average Bonchev–Trinajstić information content (AvgIpc) is 2.74. The number of hydrogen-bond acceptors (Lipinski definition) is 6. The van der Waals surface area contributed by atoms with E-state index in [2.05, 4.69) is 24.5 Å². The summed E-state index contributed by atoms with van der Waals surface area (Å²) in [5.41, 5.74) is 2.41. The van der Waals surface area contributed by atoms with Gasteiger partial charge >= 0.3 is 0 Å². The summed E-state index contributed by atoms with van der Waals surface area (Å²) >= 11 is 5.27. The maximum Gasteiger partial charge on any atom is 0.293 e. The number of morpholine rings is 1. The Morgan fingerprint density at radius 2 is 1.90 bits per heavy atom. The number of nitrogens with zero attached hydrogens (tertiary/aromatic N) is 2. The van der Waals surface area contributed by atoms with Crippen molar-refractivity contribution in [2.75, 3.05) is 36.5 Å². The van der Waals surface area contributed by atoms with Gasteiger partial charge in [-0.3, -0.25) is 20.2 Å². The number of carbonyl (C=O) groups is 1. The minimum Gasteiger partial charge on any atom is -0.378 e. The summed E-state index contributed by atoms with van der Waals surface area (Å²) in [6, 6.07) is 12.1. The van der Waals surface area contributed by atoms with E-state index in [4.69, 9.17) is 17.0 Å². The number of benzene rings is 2. The lowest BCUT2D eigenvalue weighted by Gasteiger charge is -2.28. The third kappa shape index (κ3) is 5.11. The number of nitro benzene ring substituents is 1. The van der Waals surface area contributed by atoms with Crippen molar-refractivity contribution in [1.82, 2.24) is 5.32 Å². The zero-order valence-corrected chi connectivity index (χ0v) is 17.7. The molecule has 2 N–H and O–H groups in total. The Hall–Kier alpha value is -3.04. The van der Waals surface area contributed by atoms with E-state index in [1.54, 1.807) is 12.1 Å². The van der Waals surface area contributed by atoms with E-state index in [9.17, 15) is 14.9 Å². The van der Waals surface area contributed by atoms with Crippen molar-refractivity contribution >= 4 is 40.3 Å². The van der Waals surface area contributed by atoms with E-state index < -0.39 is 10.8 Å². The Balaban J connectivity index is 1.74. The van der Waals surface area contributed by atoms with E-state index >= 15 is 0 Å². The number of nitrogens with one attached hydrogen (secondary N) is 2. The van der Waals surface area contributed by atoms with Crippen LogP contribution in [0.15, 0.2) is 42.5 Å². The van der Waals surface area contributed by atoms with Gasteiger partial charge in [0.1, 0.15) is 5.69 Å². The van der Waals surface area contributed by atoms with Crippen molar-refractivity contribution in [2.45, 2.75) is 19.8 Å². The smallest absolute Gasteiger partial charge is 0.293 e. The monoisotopic (exact) mass is 428 g/mol. The molecule has 30 heavy (non-hydrogen) atoms. The number of carbonyl (C=O) groups excluding carboxylic acids is 1. The number of thiocarbonyl (C=S) groups is 1. The fourth-order valence-electron chi connectivity index (χ4n) is 3.33. The van der Waals surface area contributed by atoms with Crippen LogP contribution in [0.1, 0.15) is 35.7 Å². The molecule has 1 fully saturated rings. The van der Waals surface area contributed by atoms with Gasteiger partial charge in [-0.1, -0.05) is 32.0 Å². The number of amides is 1. The van der Waals surface area contributed by atoms with Gasteiger partial charge in [0.15, 0.2) is 5.11 Å². The minimum absolute atomic E-state index is 0.117. The molecule has 0 atom stereocenters. The molecule has 1 aliphatic heterocycles. The van der Waals surface area contributed by atoms with Crippen LogP contribution in [-0.4, -0.2) is 42.2 Å². The number of ether oxygens (including phenoxy) is 1. The highest BCUT2D eigenvalue weighted by Crippen LogP contribution is 2.30. The molecule has 1 amide bonds. The maximum atomic E-state index is 12.6. The van der Waals surface area contributed by atoms with Gasteiger partial charge in [-0.25, -0.2) is 0 Å². The molecule has 1 aliphatic rings. The molecule has 1 saturated heterocycles. The highest BCUT2D eigenvalue weighted by molar-refractivity contribution is 7.80. The molecule has 1 heterocycles. The lowest BCUT2D eigenvalue weighted by molar-refractivity contribution is -0.384. The SMILES string of the molecule is CC(C)c1ccccc1NC(=S)NC(=O)c1ccc(N2CCOCC2)c([N+](=O)[O-])c1. The molecule has 0 bridgehead atoms. The first-order valence-electron chi connectivity index (χ1n) is 9.69. The van der Waals surface area contributed by atoms with Crippen LogP contribution >= 0.6 is 12.2 Å². The van der Waals surface area contributed by atoms with Crippen LogP contribution < -0.4 is 15.5 Å². The van der Waals surface area contributed by atoms with Crippen molar-refractivity contribution in [2.24, 2.45) is 0 Å². The van der Waals surface area contributed by atoms with Gasteiger partial charge in [-0.05, 0) is 41.9 Å². The quantitative estimate of drug-likeness (QED) is 0.426. The molecule has 9 heteroatoms. The molecule has 2 aromatic rings. The Kier molecular flexibility index (Phi) is 6.96. The van der Waals surface area contributed by atoms with E-state index in [-0.39, 0.29) is 22.3 Å². The van der Waals surface area contributed by atoms with E-state index in [0.29, 0.717) is 32.0 Å². The van der Waals surface area contributed by atoms with E-state index in [1.165, 1.54) is 6.07 Å². The Morgan fingerprint density at radius 3 is 2.57 bits per heavy atom. The number of nitro groups is 1. The van der Waals surface area contributed by atoms with Crippen LogP contribution in [0.2, 0.25) is 0 Å². The zero-order valence-electron chi connectivity index (χ0n) is 16.9. The molecule has 0 aromatic heterocycles. The summed E-state index contributed by atoms with van der Waals surface area (Å²) in [5.74, 6) is -0.228. The molecule has 0 unspecified atom stereocenters. The summed E-state index contributed by atoms with van der Waals surface area (Å²) in [4.78, 5) is 25.6. The third-order valence-electron chi connectivity index (χ3n) is 4.84. The molecule has 158 valence electrons. The second-order valence-electron chi connectivity index (χ2n) is 7.21. The third-order valence-corrected chi connectivity index (χ3v) is 5.05. The Morgan fingerprint density at radius 1 is 1.20 bits per heavy atom. The van der Waals surface area contributed by atoms with Crippen LogP contribution in [0.3, 0.4) is 0 Å². The van der Waals surface area contributed by atoms with Gasteiger partial charge in [-0.15, -0.1) is 0 Å². The Labute approximate surface area is 180 Å². The maximum absolute atomic E-state index is 12.6. The number of hydrogen-bond donors (Lipinski definition) is 2. The van der Waals surface area contributed by atoms with Crippen LogP contribution in [0.5, 0.6) is 0 Å². The van der Waals surface area contributed by atoms with Gasteiger partial charge in [0.25, 0.3) is 11.6 Å². The van der Waals surface area contributed by atoms with E-state index in [1.807, 2.05) is 29.2 Å². The van der Waals surface area contributed by atoms with Crippen LogP contribution in [0.25, 0.3) is 0 Å². The summed E-state index contributed by atoms with van der Waals surface area (Å²) in [6.45, 7) is 6.29. The van der Waals surface area contributed by atoms with E-state index in [0.717, 1.165) is 11.3 Å². The molecule has 0 spiro atoms. The molecule has 0 saturated carbocycles. The fourth-order valence-corrected chi connectivity index (χ4v) is 3.53. The highest BCUT2D eigenvalue weighted by Gasteiger charge is 2.23. The number of para-hydroxylation sites is 1. The largest absolute Gasteiger partial charge is 0.378 e. The highest BCUT2D eigenvalue weighted by atomic mass is 32.1. The van der Waals surface area contributed by atoms with Gasteiger partial charge < -0.3 is 15.0 Å². The molecular weight excluding hydrogens is 404 g/mol. The van der Waals surface area contributed by atoms with Gasteiger partial charge in [-0.2, -0.15) is 0 Å². The first kappa shape index (κ1) is 21.7. The molecule has 8 nitrogen and oxygen atoms in total. The first-order chi connectivity index (χ1) is 14.4. The van der Waals surface area contributed by atoms with Crippen molar-refractivity contribution in [3.8, 4) is 0 Å². The predicted octanol–water partition coefficient (Wildman–Crippen LogP) is 3.68. The van der Waals surface area contributed by atoms with Crippen molar-refractivity contribution < 1.29 is 14.5 Å². The number of anilines is 2. The zero-order chi connectivity index (χ0) is 21.7. The Bertz CT molecular complexity index is 958. The molecule has 2 aromatic carbocycles. The van der Waals surface area contributed by atoms with Gasteiger partial charge in [0.2, 0.25) is 0 Å². The summed E-state index contributed by atoms with van der Waals surface area (Å²) in [6.07, 6.45) is 0. The van der Waals surface area contributed by atoms with Gasteiger partial charge in [0, 0.05) is 30.4 Å². The summed E-state index contributed by atoms with van der Waals surface area (Å²) in [5, 5.41) is 17.4. The molecule has 0 aliphatic carbocycles. The molecular formula is C21H24N4O4S. The lowest BCUT2D eigenvalue weighted by Crippen LogP contribution is -2.37. The summed E-state index contributed by atoms with van der Waals surface area (Å²) < 4.78 is 5.30. The normalized spacial score (nSPS) is 13.8. The van der Waals surface area contributed by atoms with Crippen molar-refractivity contribution in [3.05, 3.63) is 63.7 Å². The number of rotatable bonds is 5. The van der Waals surface area contributed by atoms with Gasteiger partial charge in [0.05, 0.1) is 18.1 Å². The minimum atomic E-state index is -0.508. The van der Waals surface area contributed by atoms with Crippen LogP contribution in [-0.2, 0) is 4.74 Å². The second kappa shape index (κ2) is 9.64. The lowest BCUT2D eigenvalue weighted by atomic mass is 10.0. The molecule has 0 radical (unpaired) electrons. The predicted molar refractivity (Wildman–Crippen MR) is 120 cm³/mol. The first-order valence-corrected chi connectivity index (χ1v) is 10.1. The van der Waals surface area contributed by atoms with Crippen LogP contribution in [0.4, 0.5) is 17.1 Å². The average molecular weight is 429 g/mol. The second-order valence-corrected chi connectivity index (χ2v) is 7.62. The van der Waals surface area contributed by atoms with Crippen molar-refractivity contribution in [3.63, 3.8) is 0 Å². The topological polar surface area (TPSA) is 96.7 Å². The summed E-state index contributed by atoms with van der Waals surface area (Å²) in [7, 11) is 0. The molecule has 3 rings (SSSR count). The van der Waals surface area contributed by atoms with Crippen LogP contribution in [0, 0.1) is 10.1 Å². The standard InChI is InChI=1S/C21H24N4O4S/c1-14(2)16-5-3-4-6-17(16)22-21(30)23-20(26)15-7-8-18(19(13-15)25(27)28)24-9-11-29-12-10-24/h3-8,13-14H,9-12H2,1-2H3,(H2,22,23,26,30).